The molecule has 11 nitrogen and oxygen atoms in total. The minimum atomic E-state index is -1.32. The Kier molecular flexibility index (Phi) is 7.31. The second kappa shape index (κ2) is 9.69. The molecule has 0 aliphatic heterocycles. The summed E-state index contributed by atoms with van der Waals surface area (Å²) < 4.78 is 15.5. The van der Waals surface area contributed by atoms with Crippen LogP contribution >= 0.6 is 11.3 Å². The number of nitrogens with zero attached hydrogens (tertiary/aromatic N) is 1. The van der Waals surface area contributed by atoms with Crippen LogP contribution in [0.15, 0.2) is 23.6 Å². The van der Waals surface area contributed by atoms with Crippen molar-refractivity contribution in [2.24, 2.45) is 5.73 Å². The largest absolute Gasteiger partial charge is 0.493 e. The van der Waals surface area contributed by atoms with E-state index in [2.05, 4.69) is 5.32 Å². The zero-order valence-corrected chi connectivity index (χ0v) is 17.1. The molecule has 1 aromatic heterocycles. The highest BCUT2D eigenvalue weighted by atomic mass is 32.1. The molecule has 160 valence electrons. The van der Waals surface area contributed by atoms with Gasteiger partial charge in [0.2, 0.25) is 0 Å². The van der Waals surface area contributed by atoms with Gasteiger partial charge in [-0.1, -0.05) is 0 Å². The number of carbonyl (C=O) groups excluding carboxylic acids is 3. The van der Waals surface area contributed by atoms with E-state index in [9.17, 15) is 24.5 Å². The summed E-state index contributed by atoms with van der Waals surface area (Å²) in [6.45, 7) is 3.19. The van der Waals surface area contributed by atoms with Crippen molar-refractivity contribution in [1.29, 1.82) is 0 Å². The van der Waals surface area contributed by atoms with E-state index in [1.54, 1.807) is 12.3 Å². The van der Waals surface area contributed by atoms with Crippen LogP contribution in [-0.2, 0) is 9.53 Å². The average Bonchev–Trinajstić information content (AvgIpc) is 3.16. The molecule has 0 aliphatic rings. The van der Waals surface area contributed by atoms with Crippen LogP contribution < -0.4 is 20.5 Å². The minimum Gasteiger partial charge on any atom is -0.493 e. The first kappa shape index (κ1) is 22.6. The van der Waals surface area contributed by atoms with Crippen molar-refractivity contribution in [3.05, 3.63) is 44.8 Å². The number of nitrogens with one attached hydrogen (secondary N) is 1. The molecule has 2 rings (SSSR count). The molecule has 3 N–H and O–H groups in total. The van der Waals surface area contributed by atoms with Gasteiger partial charge in [0.25, 0.3) is 17.5 Å². The van der Waals surface area contributed by atoms with E-state index in [0.717, 1.165) is 23.5 Å². The van der Waals surface area contributed by atoms with Crippen LogP contribution in [0.5, 0.6) is 11.5 Å². The monoisotopic (exact) mass is 437 g/mol. The van der Waals surface area contributed by atoms with E-state index in [1.807, 2.05) is 0 Å². The van der Waals surface area contributed by atoms with E-state index in [0.29, 0.717) is 0 Å². The van der Waals surface area contributed by atoms with Gasteiger partial charge in [0.15, 0.2) is 17.6 Å². The quantitative estimate of drug-likeness (QED) is 0.343. The van der Waals surface area contributed by atoms with Gasteiger partial charge in [-0.3, -0.25) is 19.7 Å². The second-order valence-corrected chi connectivity index (χ2v) is 6.69. The molecular formula is C18H19N3O8S. The highest BCUT2D eigenvalue weighted by Gasteiger charge is 2.29. The number of esters is 1. The summed E-state index contributed by atoms with van der Waals surface area (Å²) in [6.07, 6.45) is -1.32. The number of anilines is 1. The first-order valence-corrected chi connectivity index (χ1v) is 9.45. The van der Waals surface area contributed by atoms with Crippen molar-refractivity contribution in [3.63, 3.8) is 0 Å². The fraction of sp³-hybridized carbons (Fsp3) is 0.278. The highest BCUT2D eigenvalue weighted by molar-refractivity contribution is 7.14. The molecule has 0 spiro atoms. The van der Waals surface area contributed by atoms with Crippen LogP contribution in [0, 0.1) is 10.1 Å². The predicted molar refractivity (Wildman–Crippen MR) is 107 cm³/mol. The molecule has 0 bridgehead atoms. The number of thiophene rings is 1. The molecular weight excluding hydrogens is 418 g/mol. The molecule has 0 radical (unpaired) electrons. The predicted octanol–water partition coefficient (Wildman–Crippen LogP) is 2.35. The van der Waals surface area contributed by atoms with Gasteiger partial charge in [-0.15, -0.1) is 11.3 Å². The number of nitro benzene ring substituents is 1. The maximum absolute atomic E-state index is 12.5. The summed E-state index contributed by atoms with van der Waals surface area (Å²) in [7, 11) is 1.31. The van der Waals surface area contributed by atoms with Gasteiger partial charge < -0.3 is 25.3 Å². The van der Waals surface area contributed by atoms with E-state index in [4.69, 9.17) is 19.9 Å². The van der Waals surface area contributed by atoms with Gasteiger partial charge in [-0.25, -0.2) is 4.79 Å². The molecule has 2 amide bonds. The molecule has 1 unspecified atom stereocenters. The Morgan fingerprint density at radius 1 is 1.27 bits per heavy atom. The smallest absolute Gasteiger partial charge is 0.346 e. The van der Waals surface area contributed by atoms with Crippen molar-refractivity contribution >= 4 is 39.8 Å². The Balaban J connectivity index is 2.23. The Morgan fingerprint density at radius 2 is 1.97 bits per heavy atom. The Bertz CT molecular complexity index is 988. The molecule has 1 atom stereocenters. The minimum absolute atomic E-state index is 0.0886. The van der Waals surface area contributed by atoms with Crippen molar-refractivity contribution < 1.29 is 33.5 Å². The Hall–Kier alpha value is -3.67. The number of nitrogens with two attached hydrogens (primary N) is 1. The first-order chi connectivity index (χ1) is 14.2. The summed E-state index contributed by atoms with van der Waals surface area (Å²) in [5, 5.41) is 15.6. The van der Waals surface area contributed by atoms with Gasteiger partial charge in [0.1, 0.15) is 10.6 Å². The lowest BCUT2D eigenvalue weighted by molar-refractivity contribution is -0.385. The van der Waals surface area contributed by atoms with Gasteiger partial charge in [0.05, 0.1) is 30.3 Å². The maximum Gasteiger partial charge on any atom is 0.346 e. The number of amides is 2. The lowest BCUT2D eigenvalue weighted by Crippen LogP contribution is -2.30. The number of carbonyl (C=O) groups is 3. The van der Waals surface area contributed by atoms with Crippen LogP contribution in [0.4, 0.5) is 10.7 Å². The molecule has 2 aromatic rings. The van der Waals surface area contributed by atoms with Crippen LogP contribution in [0.2, 0.25) is 0 Å². The van der Waals surface area contributed by atoms with Gasteiger partial charge in [-0.05, 0) is 25.3 Å². The number of hydrogen-bond acceptors (Lipinski definition) is 9. The molecule has 30 heavy (non-hydrogen) atoms. The van der Waals surface area contributed by atoms with Crippen LogP contribution in [0.3, 0.4) is 0 Å². The summed E-state index contributed by atoms with van der Waals surface area (Å²) in [5.41, 5.74) is 4.36. The molecule has 0 fully saturated rings. The Morgan fingerprint density at radius 3 is 2.53 bits per heavy atom. The number of nitro groups is 1. The molecule has 1 heterocycles. The summed E-state index contributed by atoms with van der Waals surface area (Å²) >= 11 is 1.06. The number of ether oxygens (including phenoxy) is 3. The molecule has 1 aromatic carbocycles. The standard InChI is InChI=1S/C18H19N3O8S/c1-4-28-14-8-12(21(25)26)11(7-13(14)27-3)18(24)29-9(2)16(23)20-17-10(15(19)22)5-6-30-17/h5-9H,4H2,1-3H3,(H2,19,22)(H,20,23). The average molecular weight is 437 g/mol. The topological polar surface area (TPSA) is 160 Å². The third-order valence-corrected chi connectivity index (χ3v) is 4.65. The molecule has 0 aliphatic carbocycles. The van der Waals surface area contributed by atoms with Gasteiger partial charge in [-0.2, -0.15) is 0 Å². The number of primary amides is 1. The molecule has 12 heteroatoms. The normalized spacial score (nSPS) is 11.3. The lowest BCUT2D eigenvalue weighted by Gasteiger charge is -2.15. The summed E-state index contributed by atoms with van der Waals surface area (Å²) in [6, 6.07) is 3.60. The summed E-state index contributed by atoms with van der Waals surface area (Å²) in [5.74, 6) is -2.39. The highest BCUT2D eigenvalue weighted by Crippen LogP contribution is 2.35. The Labute approximate surface area is 174 Å². The van der Waals surface area contributed by atoms with Crippen molar-refractivity contribution in [2.45, 2.75) is 20.0 Å². The SMILES string of the molecule is CCOc1cc([N+](=O)[O-])c(C(=O)OC(C)C(=O)Nc2sccc2C(N)=O)cc1OC. The molecule has 0 saturated heterocycles. The van der Waals surface area contributed by atoms with Crippen LogP contribution in [-0.4, -0.2) is 42.5 Å². The molecule has 0 saturated carbocycles. The number of methoxy groups -OCH3 is 1. The van der Waals surface area contributed by atoms with E-state index in [-0.39, 0.29) is 28.7 Å². The third kappa shape index (κ3) is 5.03. The van der Waals surface area contributed by atoms with Gasteiger partial charge >= 0.3 is 5.97 Å². The number of benzene rings is 1. The number of rotatable bonds is 9. The fourth-order valence-electron chi connectivity index (χ4n) is 2.38. The zero-order valence-electron chi connectivity index (χ0n) is 16.3. The van der Waals surface area contributed by atoms with E-state index in [1.165, 1.54) is 20.1 Å². The van der Waals surface area contributed by atoms with E-state index >= 15 is 0 Å². The van der Waals surface area contributed by atoms with Crippen LogP contribution in [0.1, 0.15) is 34.6 Å². The fourth-order valence-corrected chi connectivity index (χ4v) is 3.18. The second-order valence-electron chi connectivity index (χ2n) is 5.77. The first-order valence-electron chi connectivity index (χ1n) is 8.57. The lowest BCUT2D eigenvalue weighted by atomic mass is 10.1. The third-order valence-electron chi connectivity index (χ3n) is 3.82. The maximum atomic E-state index is 12.5. The van der Waals surface area contributed by atoms with Crippen molar-refractivity contribution in [3.8, 4) is 11.5 Å². The summed E-state index contributed by atoms with van der Waals surface area (Å²) in [4.78, 5) is 46.8. The van der Waals surface area contributed by atoms with Gasteiger partial charge in [0, 0.05) is 6.07 Å². The number of hydrogen-bond donors (Lipinski definition) is 2. The van der Waals surface area contributed by atoms with Crippen molar-refractivity contribution in [2.75, 3.05) is 19.0 Å². The van der Waals surface area contributed by atoms with Crippen LogP contribution in [0.25, 0.3) is 0 Å². The zero-order chi connectivity index (χ0) is 22.4. The van der Waals surface area contributed by atoms with Crippen molar-refractivity contribution in [1.82, 2.24) is 0 Å². The van der Waals surface area contributed by atoms with E-state index < -0.39 is 40.1 Å².